The molecule has 1 unspecified atom stereocenters. The molecule has 128 valence electrons. The predicted octanol–water partition coefficient (Wildman–Crippen LogP) is 2.32. The number of hydrogen-bond donors (Lipinski definition) is 2. The summed E-state index contributed by atoms with van der Waals surface area (Å²) in [5.74, 6) is -0.0261. The van der Waals surface area contributed by atoms with Crippen LogP contribution in [0.4, 0.5) is 5.69 Å². The smallest absolute Gasteiger partial charge is 0.238 e. The molecule has 1 amide bonds. The Morgan fingerprint density at radius 1 is 1.39 bits per heavy atom. The van der Waals surface area contributed by atoms with E-state index < -0.39 is 0 Å². The van der Waals surface area contributed by atoms with E-state index in [0.717, 1.165) is 32.5 Å². The summed E-state index contributed by atoms with van der Waals surface area (Å²) >= 11 is 0. The average Bonchev–Trinajstić information content (AvgIpc) is 3.01. The second-order valence-corrected chi connectivity index (χ2v) is 5.80. The monoisotopic (exact) mass is 339 g/mol. The topological polar surface area (TPSA) is 61.4 Å². The van der Waals surface area contributed by atoms with E-state index in [1.165, 1.54) is 6.92 Å². The molecule has 0 spiro atoms. The molecular formula is C17H26ClN3O2. The lowest BCUT2D eigenvalue weighted by Crippen LogP contribution is -2.42. The number of carbonyl (C=O) groups is 2. The van der Waals surface area contributed by atoms with E-state index in [1.54, 1.807) is 18.2 Å². The molecule has 2 rings (SSSR count). The molecular weight excluding hydrogens is 314 g/mol. The number of amides is 1. The van der Waals surface area contributed by atoms with Crippen molar-refractivity contribution in [1.82, 2.24) is 10.2 Å². The summed E-state index contributed by atoms with van der Waals surface area (Å²) in [7, 11) is 0. The summed E-state index contributed by atoms with van der Waals surface area (Å²) in [6.07, 6.45) is 2.12. The van der Waals surface area contributed by atoms with Gasteiger partial charge in [0.05, 0.1) is 6.54 Å². The van der Waals surface area contributed by atoms with Crippen LogP contribution in [0.1, 0.15) is 37.0 Å². The summed E-state index contributed by atoms with van der Waals surface area (Å²) in [6.45, 7) is 6.94. The first kappa shape index (κ1) is 19.6. The summed E-state index contributed by atoms with van der Waals surface area (Å²) in [5.41, 5.74) is 1.29. The number of carbonyl (C=O) groups excluding carboxylic acids is 2. The maximum atomic E-state index is 12.3. The second kappa shape index (κ2) is 9.65. The molecule has 0 saturated carbocycles. The molecule has 1 aromatic carbocycles. The van der Waals surface area contributed by atoms with E-state index in [4.69, 9.17) is 0 Å². The fourth-order valence-corrected chi connectivity index (χ4v) is 2.83. The third kappa shape index (κ3) is 5.94. The van der Waals surface area contributed by atoms with Gasteiger partial charge in [0.15, 0.2) is 5.78 Å². The van der Waals surface area contributed by atoms with Crippen molar-refractivity contribution in [2.75, 3.05) is 31.5 Å². The van der Waals surface area contributed by atoms with E-state index in [0.29, 0.717) is 23.8 Å². The van der Waals surface area contributed by atoms with Gasteiger partial charge in [-0.25, -0.2) is 0 Å². The van der Waals surface area contributed by atoms with Gasteiger partial charge in [-0.1, -0.05) is 19.1 Å². The largest absolute Gasteiger partial charge is 0.325 e. The number of rotatable bonds is 7. The Hall–Kier alpha value is -1.43. The van der Waals surface area contributed by atoms with Gasteiger partial charge in [0.25, 0.3) is 0 Å². The quantitative estimate of drug-likeness (QED) is 0.748. The molecule has 2 N–H and O–H groups in total. The minimum Gasteiger partial charge on any atom is -0.325 e. The SMILES string of the molecule is CCCN(CC(=O)Nc1cccc(C(C)=O)c1)C1CCNC1.Cl. The Morgan fingerprint density at radius 2 is 2.17 bits per heavy atom. The lowest BCUT2D eigenvalue weighted by atomic mass is 10.1. The zero-order chi connectivity index (χ0) is 15.9. The number of halogens is 1. The van der Waals surface area contributed by atoms with Crippen molar-refractivity contribution in [3.8, 4) is 0 Å². The molecule has 1 saturated heterocycles. The number of anilines is 1. The summed E-state index contributed by atoms with van der Waals surface area (Å²) in [6, 6.07) is 7.52. The minimum atomic E-state index is -0.0268. The molecule has 23 heavy (non-hydrogen) atoms. The zero-order valence-corrected chi connectivity index (χ0v) is 14.6. The summed E-state index contributed by atoms with van der Waals surface area (Å²) in [4.78, 5) is 25.9. The van der Waals surface area contributed by atoms with Crippen LogP contribution in [0.3, 0.4) is 0 Å². The number of Topliss-reactive ketones (excluding diaryl/α,β-unsaturated/α-hetero) is 1. The van der Waals surface area contributed by atoms with Gasteiger partial charge in [0.1, 0.15) is 0 Å². The molecule has 0 aliphatic carbocycles. The van der Waals surface area contributed by atoms with Crippen LogP contribution < -0.4 is 10.6 Å². The molecule has 1 aliphatic rings. The van der Waals surface area contributed by atoms with Crippen LogP contribution in [0, 0.1) is 0 Å². The fraction of sp³-hybridized carbons (Fsp3) is 0.529. The van der Waals surface area contributed by atoms with Crippen LogP contribution in [0.5, 0.6) is 0 Å². The van der Waals surface area contributed by atoms with Gasteiger partial charge in [-0.05, 0) is 45.0 Å². The Bertz CT molecular complexity index is 530. The Balaban J connectivity index is 0.00000264. The molecule has 0 aromatic heterocycles. The molecule has 0 radical (unpaired) electrons. The Labute approximate surface area is 144 Å². The highest BCUT2D eigenvalue weighted by Crippen LogP contribution is 2.13. The Morgan fingerprint density at radius 3 is 2.78 bits per heavy atom. The Kier molecular flexibility index (Phi) is 8.23. The van der Waals surface area contributed by atoms with Gasteiger partial charge < -0.3 is 10.6 Å². The molecule has 1 aromatic rings. The first-order chi connectivity index (χ1) is 10.6. The fourth-order valence-electron chi connectivity index (χ4n) is 2.83. The van der Waals surface area contributed by atoms with Crippen molar-refractivity contribution in [1.29, 1.82) is 0 Å². The number of nitrogens with zero attached hydrogens (tertiary/aromatic N) is 1. The molecule has 1 aliphatic heterocycles. The number of ketones is 1. The van der Waals surface area contributed by atoms with Crippen molar-refractivity contribution >= 4 is 29.8 Å². The molecule has 0 bridgehead atoms. The van der Waals surface area contributed by atoms with Crippen molar-refractivity contribution in [3.63, 3.8) is 0 Å². The van der Waals surface area contributed by atoms with Gasteiger partial charge in [-0.15, -0.1) is 12.4 Å². The summed E-state index contributed by atoms with van der Waals surface area (Å²) in [5, 5.41) is 6.24. The van der Waals surface area contributed by atoms with Gasteiger partial charge >= 0.3 is 0 Å². The highest BCUT2D eigenvalue weighted by molar-refractivity contribution is 5.97. The first-order valence-electron chi connectivity index (χ1n) is 7.95. The van der Waals surface area contributed by atoms with E-state index in [9.17, 15) is 9.59 Å². The lowest BCUT2D eigenvalue weighted by Gasteiger charge is -2.27. The second-order valence-electron chi connectivity index (χ2n) is 5.80. The number of nitrogens with one attached hydrogen (secondary N) is 2. The van der Waals surface area contributed by atoms with E-state index in [2.05, 4.69) is 22.5 Å². The standard InChI is InChI=1S/C17H25N3O2.ClH/c1-3-9-20(16-7-8-18-11-16)12-17(22)19-15-6-4-5-14(10-15)13(2)21;/h4-6,10,16,18H,3,7-9,11-12H2,1-2H3,(H,19,22);1H. The van der Waals surface area contributed by atoms with Gasteiger partial charge in [-0.3, -0.25) is 14.5 Å². The minimum absolute atomic E-state index is 0. The van der Waals surface area contributed by atoms with Crippen LogP contribution in [-0.4, -0.2) is 48.8 Å². The predicted molar refractivity (Wildman–Crippen MR) is 95.5 cm³/mol. The van der Waals surface area contributed by atoms with E-state index >= 15 is 0 Å². The van der Waals surface area contributed by atoms with Gasteiger partial charge in [-0.2, -0.15) is 0 Å². The zero-order valence-electron chi connectivity index (χ0n) is 13.8. The third-order valence-electron chi connectivity index (χ3n) is 3.96. The highest BCUT2D eigenvalue weighted by atomic mass is 35.5. The third-order valence-corrected chi connectivity index (χ3v) is 3.96. The van der Waals surface area contributed by atoms with Crippen LogP contribution in [0.25, 0.3) is 0 Å². The average molecular weight is 340 g/mol. The lowest BCUT2D eigenvalue weighted by molar-refractivity contribution is -0.117. The van der Waals surface area contributed by atoms with Crippen molar-refractivity contribution in [2.24, 2.45) is 0 Å². The molecule has 6 heteroatoms. The van der Waals surface area contributed by atoms with Crippen molar-refractivity contribution < 1.29 is 9.59 Å². The normalized spacial score (nSPS) is 16.9. The van der Waals surface area contributed by atoms with Crippen LogP contribution in [-0.2, 0) is 4.79 Å². The number of benzene rings is 1. The molecule has 5 nitrogen and oxygen atoms in total. The van der Waals surface area contributed by atoms with Crippen molar-refractivity contribution in [3.05, 3.63) is 29.8 Å². The maximum Gasteiger partial charge on any atom is 0.238 e. The molecule has 1 fully saturated rings. The van der Waals surface area contributed by atoms with Crippen LogP contribution in [0.2, 0.25) is 0 Å². The summed E-state index contributed by atoms with van der Waals surface area (Å²) < 4.78 is 0. The highest BCUT2D eigenvalue weighted by Gasteiger charge is 2.23. The maximum absolute atomic E-state index is 12.3. The first-order valence-corrected chi connectivity index (χ1v) is 7.95. The van der Waals surface area contributed by atoms with E-state index in [1.807, 2.05) is 6.07 Å². The van der Waals surface area contributed by atoms with Crippen molar-refractivity contribution in [2.45, 2.75) is 32.7 Å². The van der Waals surface area contributed by atoms with Crippen LogP contribution in [0.15, 0.2) is 24.3 Å². The van der Waals surface area contributed by atoms with Gasteiger partial charge in [0, 0.05) is 23.8 Å². The molecule has 1 heterocycles. The number of hydrogen-bond acceptors (Lipinski definition) is 4. The van der Waals surface area contributed by atoms with Gasteiger partial charge in [0.2, 0.25) is 5.91 Å². The molecule has 1 atom stereocenters. The van der Waals surface area contributed by atoms with E-state index in [-0.39, 0.29) is 24.1 Å². The van der Waals surface area contributed by atoms with Crippen LogP contribution >= 0.6 is 12.4 Å².